The molecule has 7 nitrogen and oxygen atoms in total. The third-order valence-corrected chi connectivity index (χ3v) is 8.66. The van der Waals surface area contributed by atoms with E-state index in [-0.39, 0.29) is 10.8 Å². The Morgan fingerprint density at radius 3 is 2.72 bits per heavy atom. The molecule has 0 bridgehead atoms. The Morgan fingerprint density at radius 1 is 1.19 bits per heavy atom. The molecular weight excluding hydrogens is 444 g/mol. The van der Waals surface area contributed by atoms with Crippen molar-refractivity contribution in [2.45, 2.75) is 42.5 Å². The van der Waals surface area contributed by atoms with E-state index in [1.54, 1.807) is 30.0 Å². The van der Waals surface area contributed by atoms with Crippen molar-refractivity contribution in [3.05, 3.63) is 48.3 Å². The van der Waals surface area contributed by atoms with Crippen LogP contribution >= 0.6 is 11.8 Å². The first-order chi connectivity index (χ1) is 15.3. The second kappa shape index (κ2) is 9.25. The van der Waals surface area contributed by atoms with Gasteiger partial charge in [0.2, 0.25) is 15.9 Å². The Balaban J connectivity index is 1.59. The molecule has 0 aliphatic carbocycles. The number of carbonyl (C=O) groups is 1. The molecule has 0 unspecified atom stereocenters. The van der Waals surface area contributed by atoms with Crippen molar-refractivity contribution in [1.82, 2.24) is 13.9 Å². The number of rotatable bonds is 6. The molecule has 1 aliphatic heterocycles. The van der Waals surface area contributed by atoms with Gasteiger partial charge in [0.1, 0.15) is 5.82 Å². The van der Waals surface area contributed by atoms with Gasteiger partial charge in [-0.3, -0.25) is 4.79 Å². The monoisotopic (exact) mass is 472 g/mol. The summed E-state index contributed by atoms with van der Waals surface area (Å²) in [6.07, 6.45) is 1.82. The lowest BCUT2D eigenvalue weighted by Gasteiger charge is -2.22. The van der Waals surface area contributed by atoms with Gasteiger partial charge in [-0.15, -0.1) is 11.8 Å². The summed E-state index contributed by atoms with van der Waals surface area (Å²) in [6.45, 7) is 3.45. The molecule has 1 amide bonds. The predicted molar refractivity (Wildman–Crippen MR) is 129 cm³/mol. The van der Waals surface area contributed by atoms with E-state index in [9.17, 15) is 13.2 Å². The molecule has 1 aliphatic rings. The maximum absolute atomic E-state index is 13.2. The van der Waals surface area contributed by atoms with Crippen LogP contribution in [0.5, 0.6) is 0 Å². The van der Waals surface area contributed by atoms with Crippen LogP contribution in [0.3, 0.4) is 0 Å². The largest absolute Gasteiger partial charge is 0.328 e. The van der Waals surface area contributed by atoms with E-state index in [4.69, 9.17) is 4.98 Å². The number of fused-ring (bicyclic) bond motifs is 2. The second-order valence-corrected chi connectivity index (χ2v) is 11.2. The van der Waals surface area contributed by atoms with Crippen molar-refractivity contribution >= 4 is 44.4 Å². The van der Waals surface area contributed by atoms with Gasteiger partial charge in [0.05, 0.1) is 21.6 Å². The highest BCUT2D eigenvalue weighted by Gasteiger charge is 2.23. The molecule has 3 aromatic rings. The number of anilines is 1. The molecule has 0 atom stereocenters. The van der Waals surface area contributed by atoms with Gasteiger partial charge in [-0.25, -0.2) is 17.7 Å². The summed E-state index contributed by atoms with van der Waals surface area (Å²) in [7, 11) is -0.500. The molecule has 9 heteroatoms. The number of benzene rings is 2. The first-order valence-corrected chi connectivity index (χ1v) is 13.2. The van der Waals surface area contributed by atoms with E-state index < -0.39 is 10.0 Å². The Hall–Kier alpha value is -2.36. The fourth-order valence-electron chi connectivity index (χ4n) is 4.01. The van der Waals surface area contributed by atoms with Crippen LogP contribution in [0.25, 0.3) is 11.0 Å². The number of thioether (sulfide) groups is 1. The number of sulfonamides is 1. The zero-order valence-corrected chi connectivity index (χ0v) is 20.2. The van der Waals surface area contributed by atoms with Crippen LogP contribution in [0, 0.1) is 0 Å². The lowest BCUT2D eigenvalue weighted by Crippen LogP contribution is -2.32. The minimum atomic E-state index is -3.53. The molecule has 2 heterocycles. The van der Waals surface area contributed by atoms with Gasteiger partial charge >= 0.3 is 0 Å². The van der Waals surface area contributed by atoms with Crippen LogP contribution in [0.2, 0.25) is 0 Å². The summed E-state index contributed by atoms with van der Waals surface area (Å²) >= 11 is 1.80. The summed E-state index contributed by atoms with van der Waals surface area (Å²) < 4.78 is 28.2. The minimum absolute atomic E-state index is 0.0885. The van der Waals surface area contributed by atoms with E-state index in [0.717, 1.165) is 40.6 Å². The number of hydrogen-bond acceptors (Lipinski definition) is 5. The van der Waals surface area contributed by atoms with E-state index in [1.165, 1.54) is 18.4 Å². The summed E-state index contributed by atoms with van der Waals surface area (Å²) in [5.74, 6) is 1.89. The number of imidazole rings is 1. The van der Waals surface area contributed by atoms with Gasteiger partial charge in [-0.05, 0) is 49.4 Å². The number of para-hydroxylation sites is 1. The molecule has 32 heavy (non-hydrogen) atoms. The van der Waals surface area contributed by atoms with E-state index >= 15 is 0 Å². The van der Waals surface area contributed by atoms with Crippen LogP contribution in [0.15, 0.2) is 52.3 Å². The van der Waals surface area contributed by atoms with E-state index in [0.29, 0.717) is 24.9 Å². The first kappa shape index (κ1) is 22.8. The summed E-state index contributed by atoms with van der Waals surface area (Å²) in [5.41, 5.74) is 2.50. The van der Waals surface area contributed by atoms with Crippen LogP contribution < -0.4 is 4.90 Å². The Bertz CT molecular complexity index is 1250. The van der Waals surface area contributed by atoms with Gasteiger partial charge in [0.15, 0.2) is 0 Å². The van der Waals surface area contributed by atoms with Crippen LogP contribution in [0.1, 0.15) is 25.6 Å². The van der Waals surface area contributed by atoms with Gasteiger partial charge in [-0.1, -0.05) is 12.1 Å². The van der Waals surface area contributed by atoms with Crippen molar-refractivity contribution < 1.29 is 13.2 Å². The molecule has 0 radical (unpaired) electrons. The predicted octanol–water partition coefficient (Wildman–Crippen LogP) is 3.77. The topological polar surface area (TPSA) is 75.5 Å². The first-order valence-electron chi connectivity index (χ1n) is 10.8. The molecule has 0 fully saturated rings. The normalized spacial score (nSPS) is 14.6. The summed E-state index contributed by atoms with van der Waals surface area (Å²) in [4.78, 5) is 21.1. The fraction of sp³-hybridized carbons (Fsp3) is 0.391. The van der Waals surface area contributed by atoms with Crippen molar-refractivity contribution in [3.63, 3.8) is 0 Å². The minimum Gasteiger partial charge on any atom is -0.328 e. The zero-order chi connectivity index (χ0) is 22.9. The highest BCUT2D eigenvalue weighted by atomic mass is 32.2. The maximum atomic E-state index is 13.2. The zero-order valence-electron chi connectivity index (χ0n) is 18.6. The highest BCUT2D eigenvalue weighted by Crippen LogP contribution is 2.34. The molecule has 1 aromatic heterocycles. The lowest BCUT2D eigenvalue weighted by molar-refractivity contribution is -0.118. The maximum Gasteiger partial charge on any atom is 0.242 e. The molecule has 0 saturated carbocycles. The average Bonchev–Trinajstić information content (AvgIpc) is 2.99. The van der Waals surface area contributed by atoms with Gasteiger partial charge < -0.3 is 9.47 Å². The molecular formula is C23H28N4O3S2. The number of aromatic nitrogens is 2. The number of aryl methyl sites for hydroxylation is 2. The molecule has 2 aromatic carbocycles. The van der Waals surface area contributed by atoms with Gasteiger partial charge in [0.25, 0.3) is 0 Å². The van der Waals surface area contributed by atoms with Gasteiger partial charge in [-0.2, -0.15) is 0 Å². The number of nitrogens with zero attached hydrogens (tertiary/aromatic N) is 4. The second-order valence-electron chi connectivity index (χ2n) is 7.93. The average molecular weight is 473 g/mol. The summed E-state index contributed by atoms with van der Waals surface area (Å²) in [5, 5.41) is 0. The smallest absolute Gasteiger partial charge is 0.242 e. The van der Waals surface area contributed by atoms with E-state index in [2.05, 4.69) is 10.6 Å². The summed E-state index contributed by atoms with van der Waals surface area (Å²) in [6, 6.07) is 13.1. The standard InChI is InChI=1S/C23H28N4O3S2/c1-4-26-19-11-10-17(32(29,30)25(2)3)16-18(19)24-22(26)12-13-23(28)27-14-7-15-31-21-9-6-5-8-20(21)27/h5-6,8-11,16H,4,7,12-15H2,1-3H3. The fourth-order valence-corrected chi connectivity index (χ4v) is 5.93. The molecule has 0 N–H and O–H groups in total. The quantitative estimate of drug-likeness (QED) is 0.546. The van der Waals surface area contributed by atoms with Crippen molar-refractivity contribution in [3.8, 4) is 0 Å². The molecule has 170 valence electrons. The van der Waals surface area contributed by atoms with Crippen molar-refractivity contribution in [2.24, 2.45) is 0 Å². The number of amides is 1. The third kappa shape index (κ3) is 4.29. The van der Waals surface area contributed by atoms with Gasteiger partial charge in [0, 0.05) is 44.9 Å². The third-order valence-electron chi connectivity index (χ3n) is 5.70. The molecule has 0 spiro atoms. The lowest BCUT2D eigenvalue weighted by atomic mass is 10.2. The van der Waals surface area contributed by atoms with Crippen LogP contribution in [-0.2, 0) is 27.8 Å². The molecule has 4 rings (SSSR count). The highest BCUT2D eigenvalue weighted by molar-refractivity contribution is 7.99. The Kier molecular flexibility index (Phi) is 6.60. The number of carbonyl (C=O) groups excluding carboxylic acids is 1. The van der Waals surface area contributed by atoms with Crippen molar-refractivity contribution in [2.75, 3.05) is 31.3 Å². The van der Waals surface area contributed by atoms with Crippen LogP contribution in [0.4, 0.5) is 5.69 Å². The SMILES string of the molecule is CCn1c(CCC(=O)N2CCCSc3ccccc32)nc2cc(S(=O)(=O)N(C)C)ccc21. The Labute approximate surface area is 193 Å². The molecule has 0 saturated heterocycles. The Morgan fingerprint density at radius 2 is 1.97 bits per heavy atom. The number of hydrogen-bond donors (Lipinski definition) is 0. The van der Waals surface area contributed by atoms with E-state index in [1.807, 2.05) is 30.0 Å². The van der Waals surface area contributed by atoms with Crippen LogP contribution in [-0.4, -0.2) is 54.6 Å². The van der Waals surface area contributed by atoms with Crippen molar-refractivity contribution in [1.29, 1.82) is 0 Å².